The van der Waals surface area contributed by atoms with Gasteiger partial charge in [-0.25, -0.2) is 24.2 Å². The van der Waals surface area contributed by atoms with Crippen LogP contribution >= 0.6 is 0 Å². The minimum absolute atomic E-state index is 0.140. The van der Waals surface area contributed by atoms with Crippen LogP contribution in [0.25, 0.3) is 0 Å². The molecule has 0 radical (unpaired) electrons. The number of carbonyl (C=O) groups excluding carboxylic acids is 6. The highest BCUT2D eigenvalue weighted by atomic mass is 19.4. The Morgan fingerprint density at radius 1 is 0.667 bits per heavy atom. The molecule has 51 heavy (non-hydrogen) atoms. The number of aliphatic carboxylic acids is 1. The standard InChI is InChI=1S/C30H36N6O8.C2HF3O2/c1-19(33-13-23(37)35(24(38)14-33)17-43-29(41)27(31)21-9-5-3-6-10-21)20(2)34-15-25(39)36(26(40)16-34)18-44-30(42)28(32)22-11-7-4-8-12-22;3-2(4,5)1(6)7/h3-12,19-20,27-28H,13-18,31-32H2,1-2H3;(H,6,7)/t19-,20+,27-,28-;/m1./s1. The van der Waals surface area contributed by atoms with E-state index in [-0.39, 0.29) is 26.2 Å². The lowest BCUT2D eigenvalue weighted by Crippen LogP contribution is -2.63. The monoisotopic (exact) mass is 722 g/mol. The van der Waals surface area contributed by atoms with E-state index in [9.17, 15) is 41.9 Å². The number of carboxylic acid groups (broad SMARTS) is 1. The third kappa shape index (κ3) is 10.9. The number of carboxylic acids is 1. The number of amides is 4. The van der Waals surface area contributed by atoms with Crippen LogP contribution in [0.1, 0.15) is 37.1 Å². The average molecular weight is 723 g/mol. The normalized spacial score (nSPS) is 18.3. The van der Waals surface area contributed by atoms with Crippen molar-refractivity contribution in [3.05, 3.63) is 71.8 Å². The van der Waals surface area contributed by atoms with E-state index in [0.717, 1.165) is 9.80 Å². The van der Waals surface area contributed by atoms with Crippen LogP contribution in [-0.2, 0) is 43.0 Å². The van der Waals surface area contributed by atoms with E-state index in [4.69, 9.17) is 30.8 Å². The number of esters is 2. The van der Waals surface area contributed by atoms with E-state index in [0.29, 0.717) is 11.1 Å². The Morgan fingerprint density at radius 3 is 1.20 bits per heavy atom. The van der Waals surface area contributed by atoms with Crippen LogP contribution in [0, 0.1) is 0 Å². The van der Waals surface area contributed by atoms with Crippen molar-refractivity contribution >= 4 is 41.5 Å². The number of nitrogens with zero attached hydrogens (tertiary/aromatic N) is 4. The second-order valence-corrected chi connectivity index (χ2v) is 11.5. The molecule has 0 bridgehead atoms. The third-order valence-corrected chi connectivity index (χ3v) is 8.15. The van der Waals surface area contributed by atoms with Crippen LogP contribution in [0.5, 0.6) is 0 Å². The summed E-state index contributed by atoms with van der Waals surface area (Å²) in [6.45, 7) is 1.90. The minimum atomic E-state index is -5.08. The zero-order chi connectivity index (χ0) is 38.0. The molecule has 2 saturated heterocycles. The first-order chi connectivity index (χ1) is 23.9. The van der Waals surface area contributed by atoms with E-state index < -0.39 is 85.3 Å². The van der Waals surface area contributed by atoms with Crippen molar-refractivity contribution in [3.8, 4) is 0 Å². The van der Waals surface area contributed by atoms with Gasteiger partial charge in [0.2, 0.25) is 23.6 Å². The number of rotatable bonds is 11. The fraction of sp³-hybridized carbons (Fsp3) is 0.406. The lowest BCUT2D eigenvalue weighted by molar-refractivity contribution is -0.192. The highest BCUT2D eigenvalue weighted by molar-refractivity contribution is 6.00. The van der Waals surface area contributed by atoms with Crippen molar-refractivity contribution in [2.75, 3.05) is 39.6 Å². The number of benzene rings is 2. The van der Waals surface area contributed by atoms with E-state index in [2.05, 4.69) is 0 Å². The number of ether oxygens (including phenoxy) is 2. The maximum atomic E-state index is 12.8. The molecule has 4 rings (SSSR count). The summed E-state index contributed by atoms with van der Waals surface area (Å²) in [5.74, 6) is -6.55. The summed E-state index contributed by atoms with van der Waals surface area (Å²) in [6, 6.07) is 14.2. The molecule has 2 aliphatic heterocycles. The first kappa shape index (κ1) is 40.2. The molecule has 19 heteroatoms. The summed E-state index contributed by atoms with van der Waals surface area (Å²) in [4.78, 5) is 90.0. The van der Waals surface area contributed by atoms with Gasteiger partial charge in [0.05, 0.1) is 26.2 Å². The van der Waals surface area contributed by atoms with Crippen molar-refractivity contribution in [1.29, 1.82) is 0 Å². The highest BCUT2D eigenvalue weighted by Crippen LogP contribution is 2.19. The SMILES string of the molecule is C[C@H]([C@H](C)N1CC(=O)N(COC(=O)[C@H](N)c2ccccc2)C(=O)C1)N1CC(=O)N(COC(=O)[C@H](N)c2ccccc2)C(=O)C1.O=C(O)C(F)(F)F. The van der Waals surface area contributed by atoms with Crippen LogP contribution in [0.15, 0.2) is 60.7 Å². The number of nitrogens with two attached hydrogens (primary N) is 2. The number of hydrogen-bond acceptors (Lipinski definition) is 13. The van der Waals surface area contributed by atoms with Crippen molar-refractivity contribution in [3.63, 3.8) is 0 Å². The Morgan fingerprint density at radius 2 is 0.941 bits per heavy atom. The summed E-state index contributed by atoms with van der Waals surface area (Å²) in [5.41, 5.74) is 12.9. The molecule has 0 saturated carbocycles. The molecule has 0 spiro atoms. The molecule has 0 unspecified atom stereocenters. The Balaban J connectivity index is 0.000000908. The molecular weight excluding hydrogens is 685 g/mol. The molecular formula is C32H37F3N6O10. The van der Waals surface area contributed by atoms with Gasteiger partial charge >= 0.3 is 24.1 Å². The highest BCUT2D eigenvalue weighted by Gasteiger charge is 2.40. The molecule has 0 aromatic heterocycles. The first-order valence-corrected chi connectivity index (χ1v) is 15.3. The van der Waals surface area contributed by atoms with E-state index in [1.807, 2.05) is 0 Å². The minimum Gasteiger partial charge on any atom is -0.475 e. The second-order valence-electron chi connectivity index (χ2n) is 11.5. The molecule has 2 heterocycles. The number of alkyl halides is 3. The second kappa shape index (κ2) is 17.6. The fourth-order valence-electron chi connectivity index (χ4n) is 4.93. The van der Waals surface area contributed by atoms with Crippen LogP contribution in [-0.4, -0.2) is 124 Å². The van der Waals surface area contributed by atoms with Crippen LogP contribution in [0.2, 0.25) is 0 Å². The Labute approximate surface area is 289 Å². The van der Waals surface area contributed by atoms with Crippen molar-refractivity contribution < 1.29 is 61.3 Å². The van der Waals surface area contributed by atoms with Gasteiger partial charge in [-0.3, -0.25) is 29.0 Å². The molecule has 0 aliphatic carbocycles. The van der Waals surface area contributed by atoms with Gasteiger partial charge in [-0.15, -0.1) is 0 Å². The number of imide groups is 2. The fourth-order valence-corrected chi connectivity index (χ4v) is 4.93. The van der Waals surface area contributed by atoms with Crippen molar-refractivity contribution in [1.82, 2.24) is 19.6 Å². The topological polar surface area (TPSA) is 223 Å². The Hall–Kier alpha value is -5.24. The summed E-state index contributed by atoms with van der Waals surface area (Å²) < 4.78 is 42.0. The first-order valence-electron chi connectivity index (χ1n) is 15.3. The quantitative estimate of drug-likeness (QED) is 0.207. The summed E-state index contributed by atoms with van der Waals surface area (Å²) in [6.07, 6.45) is -5.08. The lowest BCUT2D eigenvalue weighted by Gasteiger charge is -2.43. The van der Waals surface area contributed by atoms with E-state index in [1.165, 1.54) is 0 Å². The Bertz CT molecular complexity index is 1460. The molecule has 2 aliphatic rings. The van der Waals surface area contributed by atoms with Crippen molar-refractivity contribution in [2.45, 2.75) is 44.2 Å². The molecule has 2 aromatic rings. The maximum Gasteiger partial charge on any atom is 0.490 e. The van der Waals surface area contributed by atoms with Crippen LogP contribution in [0.3, 0.4) is 0 Å². The number of piperazine rings is 2. The van der Waals surface area contributed by atoms with Gasteiger partial charge in [0, 0.05) is 12.1 Å². The smallest absolute Gasteiger partial charge is 0.475 e. The van der Waals surface area contributed by atoms with E-state index >= 15 is 0 Å². The van der Waals surface area contributed by atoms with Gasteiger partial charge in [0.25, 0.3) is 0 Å². The molecule has 2 fully saturated rings. The average Bonchev–Trinajstić information content (AvgIpc) is 3.09. The van der Waals surface area contributed by atoms with E-state index in [1.54, 1.807) is 84.3 Å². The Kier molecular flexibility index (Phi) is 13.9. The maximum absolute atomic E-state index is 12.8. The lowest BCUT2D eigenvalue weighted by atomic mass is 10.1. The molecule has 4 atom stereocenters. The number of hydrogen-bond donors (Lipinski definition) is 3. The largest absolute Gasteiger partial charge is 0.490 e. The van der Waals surface area contributed by atoms with Gasteiger partial charge in [-0.2, -0.15) is 13.2 Å². The van der Waals surface area contributed by atoms with Gasteiger partial charge < -0.3 is 26.0 Å². The van der Waals surface area contributed by atoms with Gasteiger partial charge in [0.1, 0.15) is 12.1 Å². The molecule has 276 valence electrons. The van der Waals surface area contributed by atoms with Crippen LogP contribution < -0.4 is 11.5 Å². The zero-order valence-electron chi connectivity index (χ0n) is 27.5. The molecule has 5 N–H and O–H groups in total. The molecule has 4 amide bonds. The predicted octanol–water partition coefficient (Wildman–Crippen LogP) is 0.140. The van der Waals surface area contributed by atoms with Crippen LogP contribution in [0.4, 0.5) is 13.2 Å². The van der Waals surface area contributed by atoms with Gasteiger partial charge in [-0.05, 0) is 25.0 Å². The third-order valence-electron chi connectivity index (χ3n) is 8.15. The van der Waals surface area contributed by atoms with Gasteiger partial charge in [-0.1, -0.05) is 60.7 Å². The van der Waals surface area contributed by atoms with Crippen molar-refractivity contribution in [2.24, 2.45) is 11.5 Å². The molecule has 16 nitrogen and oxygen atoms in total. The number of halogens is 3. The predicted molar refractivity (Wildman–Crippen MR) is 168 cm³/mol. The summed E-state index contributed by atoms with van der Waals surface area (Å²) in [5, 5.41) is 7.12. The van der Waals surface area contributed by atoms with Gasteiger partial charge in [0.15, 0.2) is 13.5 Å². The number of carbonyl (C=O) groups is 7. The molecule has 2 aromatic carbocycles. The summed E-state index contributed by atoms with van der Waals surface area (Å²) >= 11 is 0. The zero-order valence-corrected chi connectivity index (χ0v) is 27.5. The summed E-state index contributed by atoms with van der Waals surface area (Å²) in [7, 11) is 0.